The molecule has 1 amide bonds. The number of halogens is 2. The van der Waals surface area contributed by atoms with Crippen molar-refractivity contribution in [2.45, 2.75) is 0 Å². The minimum atomic E-state index is -0.579. The highest BCUT2D eigenvalue weighted by molar-refractivity contribution is 9.10. The number of rotatable bonds is 7. The van der Waals surface area contributed by atoms with E-state index in [0.717, 1.165) is 4.47 Å². The molecular formula is C17H15BrFNO4. The van der Waals surface area contributed by atoms with Crippen LogP contribution in [0.1, 0.15) is 10.4 Å². The van der Waals surface area contributed by atoms with Crippen molar-refractivity contribution in [3.8, 4) is 5.75 Å². The number of ether oxygens (including phenoxy) is 2. The predicted molar refractivity (Wildman–Crippen MR) is 89.3 cm³/mol. The van der Waals surface area contributed by atoms with Gasteiger partial charge >= 0.3 is 5.97 Å². The Labute approximate surface area is 146 Å². The average molecular weight is 396 g/mol. The molecule has 0 saturated heterocycles. The Morgan fingerprint density at radius 1 is 1.00 bits per heavy atom. The van der Waals surface area contributed by atoms with Gasteiger partial charge in [-0.15, -0.1) is 0 Å². The van der Waals surface area contributed by atoms with Crippen molar-refractivity contribution in [3.63, 3.8) is 0 Å². The SMILES string of the molecule is O=C(CNC(=O)c1ccc(F)cc1)OCCOc1ccc(Br)cc1. The zero-order valence-corrected chi connectivity index (χ0v) is 14.2. The van der Waals surface area contributed by atoms with Gasteiger partial charge in [0.2, 0.25) is 0 Å². The van der Waals surface area contributed by atoms with E-state index in [9.17, 15) is 14.0 Å². The largest absolute Gasteiger partial charge is 0.490 e. The van der Waals surface area contributed by atoms with E-state index in [0.29, 0.717) is 5.75 Å². The molecule has 0 spiro atoms. The van der Waals surface area contributed by atoms with Gasteiger partial charge in [0, 0.05) is 10.0 Å². The number of hydrogen-bond acceptors (Lipinski definition) is 4. The molecule has 2 aromatic rings. The van der Waals surface area contributed by atoms with Crippen molar-refractivity contribution in [1.82, 2.24) is 5.32 Å². The van der Waals surface area contributed by atoms with Gasteiger partial charge < -0.3 is 14.8 Å². The quantitative estimate of drug-likeness (QED) is 0.578. The van der Waals surface area contributed by atoms with Gasteiger partial charge in [0.25, 0.3) is 5.91 Å². The number of benzene rings is 2. The summed E-state index contributed by atoms with van der Waals surface area (Å²) in [6.07, 6.45) is 0. The van der Waals surface area contributed by atoms with Gasteiger partial charge in [-0.1, -0.05) is 15.9 Å². The average Bonchev–Trinajstić information content (AvgIpc) is 2.59. The van der Waals surface area contributed by atoms with Crippen LogP contribution in [-0.2, 0) is 9.53 Å². The Kier molecular flexibility index (Phi) is 6.74. The summed E-state index contributed by atoms with van der Waals surface area (Å²) in [6, 6.07) is 12.3. The lowest BCUT2D eigenvalue weighted by Crippen LogP contribution is -2.31. The highest BCUT2D eigenvalue weighted by atomic mass is 79.9. The zero-order chi connectivity index (χ0) is 17.4. The van der Waals surface area contributed by atoms with Gasteiger partial charge in [0.1, 0.15) is 31.3 Å². The standard InChI is InChI=1S/C17H15BrFNO4/c18-13-3-7-15(8-4-13)23-9-10-24-16(21)11-20-17(22)12-1-5-14(19)6-2-12/h1-8H,9-11H2,(H,20,22). The molecule has 7 heteroatoms. The maximum Gasteiger partial charge on any atom is 0.325 e. The van der Waals surface area contributed by atoms with Gasteiger partial charge in [0.15, 0.2) is 0 Å². The van der Waals surface area contributed by atoms with Crippen molar-refractivity contribution in [3.05, 3.63) is 64.4 Å². The monoisotopic (exact) mass is 395 g/mol. The van der Waals surface area contributed by atoms with E-state index in [1.54, 1.807) is 12.1 Å². The molecule has 0 aliphatic heterocycles. The van der Waals surface area contributed by atoms with Crippen LogP contribution in [0.2, 0.25) is 0 Å². The van der Waals surface area contributed by atoms with E-state index >= 15 is 0 Å². The fourth-order valence-electron chi connectivity index (χ4n) is 1.75. The van der Waals surface area contributed by atoms with E-state index < -0.39 is 17.7 Å². The number of nitrogens with one attached hydrogen (secondary N) is 1. The van der Waals surface area contributed by atoms with Crippen molar-refractivity contribution in [2.75, 3.05) is 19.8 Å². The molecule has 0 unspecified atom stereocenters. The first-order valence-electron chi connectivity index (χ1n) is 7.12. The molecule has 126 valence electrons. The number of carbonyl (C=O) groups is 2. The highest BCUT2D eigenvalue weighted by Gasteiger charge is 2.09. The summed E-state index contributed by atoms with van der Waals surface area (Å²) >= 11 is 3.32. The third kappa shape index (κ3) is 6.00. The van der Waals surface area contributed by atoms with E-state index in [4.69, 9.17) is 9.47 Å². The van der Waals surface area contributed by atoms with Crippen molar-refractivity contribution in [2.24, 2.45) is 0 Å². The molecule has 0 atom stereocenters. The fraction of sp³-hybridized carbons (Fsp3) is 0.176. The minimum absolute atomic E-state index is 0.0707. The van der Waals surface area contributed by atoms with Gasteiger partial charge in [-0.25, -0.2) is 4.39 Å². The lowest BCUT2D eigenvalue weighted by molar-refractivity contribution is -0.143. The summed E-state index contributed by atoms with van der Waals surface area (Å²) in [6.45, 7) is 0.00902. The third-order valence-electron chi connectivity index (χ3n) is 2.93. The Balaban J connectivity index is 1.63. The van der Waals surface area contributed by atoms with Crippen LogP contribution < -0.4 is 10.1 Å². The van der Waals surface area contributed by atoms with Crippen LogP contribution in [0.5, 0.6) is 5.75 Å². The summed E-state index contributed by atoms with van der Waals surface area (Å²) in [4.78, 5) is 23.3. The van der Waals surface area contributed by atoms with Gasteiger partial charge in [0.05, 0.1) is 0 Å². The van der Waals surface area contributed by atoms with Gasteiger partial charge in [-0.05, 0) is 48.5 Å². The number of amides is 1. The van der Waals surface area contributed by atoms with E-state index in [1.165, 1.54) is 24.3 Å². The molecule has 2 aromatic carbocycles. The number of hydrogen-bond donors (Lipinski definition) is 1. The topological polar surface area (TPSA) is 64.6 Å². The predicted octanol–water partition coefficient (Wildman–Crippen LogP) is 2.94. The lowest BCUT2D eigenvalue weighted by atomic mass is 10.2. The Morgan fingerprint density at radius 2 is 1.67 bits per heavy atom. The van der Waals surface area contributed by atoms with Crippen LogP contribution in [0.15, 0.2) is 53.0 Å². The Bertz CT molecular complexity index is 689. The molecule has 0 fully saturated rings. The van der Waals surface area contributed by atoms with Crippen LogP contribution in [0.4, 0.5) is 4.39 Å². The van der Waals surface area contributed by atoms with Crippen LogP contribution in [0.25, 0.3) is 0 Å². The summed E-state index contributed by atoms with van der Waals surface area (Å²) in [7, 11) is 0. The normalized spacial score (nSPS) is 10.1. The van der Waals surface area contributed by atoms with E-state index in [2.05, 4.69) is 21.2 Å². The molecular weight excluding hydrogens is 381 g/mol. The first-order valence-corrected chi connectivity index (χ1v) is 7.91. The molecule has 0 heterocycles. The van der Waals surface area contributed by atoms with Crippen LogP contribution in [0, 0.1) is 5.82 Å². The number of carbonyl (C=O) groups excluding carboxylic acids is 2. The first-order chi connectivity index (χ1) is 11.5. The van der Waals surface area contributed by atoms with E-state index in [-0.39, 0.29) is 25.3 Å². The maximum atomic E-state index is 12.8. The molecule has 0 aliphatic rings. The maximum absolute atomic E-state index is 12.8. The molecule has 0 radical (unpaired) electrons. The fourth-order valence-corrected chi connectivity index (χ4v) is 2.02. The summed E-state index contributed by atoms with van der Waals surface area (Å²) in [5.74, 6) is -0.821. The van der Waals surface area contributed by atoms with Gasteiger partial charge in [-0.3, -0.25) is 9.59 Å². The van der Waals surface area contributed by atoms with Gasteiger partial charge in [-0.2, -0.15) is 0 Å². The Hall–Kier alpha value is -2.41. The van der Waals surface area contributed by atoms with Crippen molar-refractivity contribution in [1.29, 1.82) is 0 Å². The molecule has 5 nitrogen and oxygen atoms in total. The molecule has 0 aromatic heterocycles. The van der Waals surface area contributed by atoms with E-state index in [1.807, 2.05) is 12.1 Å². The van der Waals surface area contributed by atoms with Crippen LogP contribution in [0.3, 0.4) is 0 Å². The van der Waals surface area contributed by atoms with Crippen LogP contribution in [-0.4, -0.2) is 31.6 Å². The zero-order valence-electron chi connectivity index (χ0n) is 12.6. The molecule has 0 bridgehead atoms. The van der Waals surface area contributed by atoms with Crippen LogP contribution >= 0.6 is 15.9 Å². The lowest BCUT2D eigenvalue weighted by Gasteiger charge is -2.08. The second-order valence-corrected chi connectivity index (χ2v) is 5.63. The second-order valence-electron chi connectivity index (χ2n) is 4.71. The number of esters is 1. The molecule has 24 heavy (non-hydrogen) atoms. The molecule has 2 rings (SSSR count). The van der Waals surface area contributed by atoms with Crippen molar-refractivity contribution >= 4 is 27.8 Å². The Morgan fingerprint density at radius 3 is 2.33 bits per heavy atom. The summed E-state index contributed by atoms with van der Waals surface area (Å²) in [5, 5.41) is 2.40. The third-order valence-corrected chi connectivity index (χ3v) is 3.46. The summed E-state index contributed by atoms with van der Waals surface area (Å²) < 4.78 is 24.0. The minimum Gasteiger partial charge on any atom is -0.490 e. The first kappa shape index (κ1) is 17.9. The smallest absolute Gasteiger partial charge is 0.325 e. The second kappa shape index (κ2) is 9.02. The molecule has 1 N–H and O–H groups in total. The summed E-state index contributed by atoms with van der Waals surface area (Å²) in [5.41, 5.74) is 0.266. The highest BCUT2D eigenvalue weighted by Crippen LogP contribution is 2.15. The molecule has 0 saturated carbocycles. The molecule has 0 aliphatic carbocycles. The van der Waals surface area contributed by atoms with Crippen molar-refractivity contribution < 1.29 is 23.5 Å².